The Hall–Kier alpha value is -2.53. The second-order valence-corrected chi connectivity index (χ2v) is 8.52. The maximum Gasteiger partial charge on any atom is 0.224 e. The molecule has 1 N–H and O–H groups in total. The van der Waals surface area contributed by atoms with Crippen LogP contribution in [0.1, 0.15) is 56.2 Å². The van der Waals surface area contributed by atoms with Crippen LogP contribution in [0.5, 0.6) is 5.75 Å². The van der Waals surface area contributed by atoms with Gasteiger partial charge in [0.05, 0.1) is 12.6 Å². The molecule has 2 aromatic rings. The SMILES string of the molecule is CC(c1ccc(Cl)cc1)N(C(=O)CCCOc1ccc2c(c1)CCC(=O)N2)C1CC1. The number of fused-ring (bicyclic) bond motifs is 1. The number of rotatable bonds is 8. The summed E-state index contributed by atoms with van der Waals surface area (Å²) in [7, 11) is 0. The van der Waals surface area contributed by atoms with E-state index in [-0.39, 0.29) is 17.9 Å². The highest BCUT2D eigenvalue weighted by molar-refractivity contribution is 6.30. The molecule has 0 radical (unpaired) electrons. The molecule has 1 atom stereocenters. The summed E-state index contributed by atoms with van der Waals surface area (Å²) >= 11 is 6.00. The molecule has 0 bridgehead atoms. The summed E-state index contributed by atoms with van der Waals surface area (Å²) in [6.07, 6.45) is 4.53. The molecule has 30 heavy (non-hydrogen) atoms. The van der Waals surface area contributed by atoms with Crippen LogP contribution in [0, 0.1) is 0 Å². The minimum absolute atomic E-state index is 0.0408. The molecule has 4 rings (SSSR count). The maximum atomic E-state index is 12.9. The van der Waals surface area contributed by atoms with E-state index in [4.69, 9.17) is 16.3 Å². The molecule has 0 aromatic heterocycles. The highest BCUT2D eigenvalue weighted by atomic mass is 35.5. The Bertz CT molecular complexity index is 925. The molecule has 2 aliphatic rings. The smallest absolute Gasteiger partial charge is 0.224 e. The van der Waals surface area contributed by atoms with Crippen LogP contribution in [-0.4, -0.2) is 29.4 Å². The summed E-state index contributed by atoms with van der Waals surface area (Å²) in [5, 5.41) is 3.58. The van der Waals surface area contributed by atoms with Crippen molar-refractivity contribution in [1.82, 2.24) is 4.90 Å². The molecule has 1 aliphatic carbocycles. The van der Waals surface area contributed by atoms with Crippen molar-refractivity contribution < 1.29 is 14.3 Å². The van der Waals surface area contributed by atoms with Gasteiger partial charge in [-0.2, -0.15) is 0 Å². The number of carbonyl (C=O) groups excluding carboxylic acids is 2. The van der Waals surface area contributed by atoms with Gasteiger partial charge in [-0.3, -0.25) is 9.59 Å². The summed E-state index contributed by atoms with van der Waals surface area (Å²) in [6, 6.07) is 13.9. The lowest BCUT2D eigenvalue weighted by atomic mass is 10.0. The second-order valence-electron chi connectivity index (χ2n) is 8.08. The molecule has 1 saturated carbocycles. The Kier molecular flexibility index (Phi) is 6.28. The maximum absolute atomic E-state index is 12.9. The lowest BCUT2D eigenvalue weighted by molar-refractivity contribution is -0.134. The minimum Gasteiger partial charge on any atom is -0.494 e. The summed E-state index contributed by atoms with van der Waals surface area (Å²) < 4.78 is 5.87. The van der Waals surface area contributed by atoms with E-state index in [1.165, 1.54) is 0 Å². The van der Waals surface area contributed by atoms with Gasteiger partial charge < -0.3 is 15.0 Å². The van der Waals surface area contributed by atoms with Gasteiger partial charge >= 0.3 is 0 Å². The van der Waals surface area contributed by atoms with Crippen molar-refractivity contribution in [1.29, 1.82) is 0 Å². The van der Waals surface area contributed by atoms with E-state index in [0.29, 0.717) is 36.9 Å². The van der Waals surface area contributed by atoms with Gasteiger partial charge in [-0.15, -0.1) is 0 Å². The number of ether oxygens (including phenoxy) is 1. The Morgan fingerprint density at radius 2 is 1.97 bits per heavy atom. The quantitative estimate of drug-likeness (QED) is 0.595. The minimum atomic E-state index is 0.0408. The van der Waals surface area contributed by atoms with Crippen molar-refractivity contribution in [3.8, 4) is 5.75 Å². The number of amides is 2. The Morgan fingerprint density at radius 3 is 2.70 bits per heavy atom. The first-order valence-electron chi connectivity index (χ1n) is 10.6. The zero-order valence-electron chi connectivity index (χ0n) is 17.2. The van der Waals surface area contributed by atoms with Crippen LogP contribution in [-0.2, 0) is 16.0 Å². The van der Waals surface area contributed by atoms with Gasteiger partial charge in [0, 0.05) is 29.6 Å². The van der Waals surface area contributed by atoms with Crippen LogP contribution in [0.15, 0.2) is 42.5 Å². The van der Waals surface area contributed by atoms with Crippen LogP contribution >= 0.6 is 11.6 Å². The summed E-state index contributed by atoms with van der Waals surface area (Å²) in [5.41, 5.74) is 3.07. The van der Waals surface area contributed by atoms with Crippen LogP contribution in [0.2, 0.25) is 5.02 Å². The zero-order valence-corrected chi connectivity index (χ0v) is 18.0. The number of benzene rings is 2. The normalized spacial score (nSPS) is 16.4. The standard InChI is InChI=1S/C24H27ClN2O3/c1-16(17-4-7-19(25)8-5-17)27(20-9-10-20)24(29)3-2-14-30-21-11-12-22-18(15-21)6-13-23(28)26-22/h4-5,7-8,11-12,15-16,20H,2-3,6,9-10,13-14H2,1H3,(H,26,28). The zero-order chi connectivity index (χ0) is 21.1. The fourth-order valence-corrected chi connectivity index (χ4v) is 4.11. The number of nitrogens with zero attached hydrogens (tertiary/aromatic N) is 1. The monoisotopic (exact) mass is 426 g/mol. The van der Waals surface area contributed by atoms with E-state index in [9.17, 15) is 9.59 Å². The van der Waals surface area contributed by atoms with Crippen LogP contribution in [0.4, 0.5) is 5.69 Å². The predicted molar refractivity (Wildman–Crippen MR) is 118 cm³/mol. The first kappa shape index (κ1) is 20.7. The van der Waals surface area contributed by atoms with Crippen molar-refractivity contribution in [2.75, 3.05) is 11.9 Å². The fourth-order valence-electron chi connectivity index (χ4n) is 3.98. The van der Waals surface area contributed by atoms with E-state index >= 15 is 0 Å². The number of hydrogen-bond acceptors (Lipinski definition) is 3. The first-order valence-corrected chi connectivity index (χ1v) is 11.0. The van der Waals surface area contributed by atoms with Crippen molar-refractivity contribution in [2.45, 2.75) is 57.5 Å². The molecule has 158 valence electrons. The second kappa shape index (κ2) is 9.09. The number of aryl methyl sites for hydroxylation is 1. The number of halogens is 1. The van der Waals surface area contributed by atoms with Gasteiger partial charge in [-0.1, -0.05) is 23.7 Å². The van der Waals surface area contributed by atoms with Gasteiger partial charge in [-0.25, -0.2) is 0 Å². The molecule has 2 amide bonds. The number of hydrogen-bond donors (Lipinski definition) is 1. The molecular formula is C24H27ClN2O3. The molecule has 6 heteroatoms. The van der Waals surface area contributed by atoms with Gasteiger partial charge in [0.15, 0.2) is 0 Å². The summed E-state index contributed by atoms with van der Waals surface area (Å²) in [6.45, 7) is 2.58. The Labute approximate surface area is 182 Å². The summed E-state index contributed by atoms with van der Waals surface area (Å²) in [5.74, 6) is 1.02. The van der Waals surface area contributed by atoms with Crippen molar-refractivity contribution in [2.24, 2.45) is 0 Å². The van der Waals surface area contributed by atoms with Gasteiger partial charge in [0.2, 0.25) is 11.8 Å². The summed E-state index contributed by atoms with van der Waals surface area (Å²) in [4.78, 5) is 26.4. The first-order chi connectivity index (χ1) is 14.5. The van der Waals surface area contributed by atoms with Crippen LogP contribution < -0.4 is 10.1 Å². The largest absolute Gasteiger partial charge is 0.494 e. The third-order valence-corrected chi connectivity index (χ3v) is 6.03. The number of anilines is 1. The van der Waals surface area contributed by atoms with E-state index in [2.05, 4.69) is 12.2 Å². The van der Waals surface area contributed by atoms with Gasteiger partial charge in [0.1, 0.15) is 5.75 Å². The molecule has 1 heterocycles. The third kappa shape index (κ3) is 4.96. The molecular weight excluding hydrogens is 400 g/mol. The predicted octanol–water partition coefficient (Wildman–Crippen LogP) is 5.14. The number of carbonyl (C=O) groups is 2. The van der Waals surface area contributed by atoms with E-state index in [1.807, 2.05) is 47.4 Å². The van der Waals surface area contributed by atoms with Gasteiger partial charge in [0.25, 0.3) is 0 Å². The lowest BCUT2D eigenvalue weighted by Gasteiger charge is -2.30. The van der Waals surface area contributed by atoms with Crippen molar-refractivity contribution >= 4 is 29.1 Å². The molecule has 0 spiro atoms. The molecule has 1 unspecified atom stereocenters. The van der Waals surface area contributed by atoms with E-state index in [0.717, 1.165) is 41.8 Å². The lowest BCUT2D eigenvalue weighted by Crippen LogP contribution is -2.35. The average Bonchev–Trinajstić information content (AvgIpc) is 3.57. The van der Waals surface area contributed by atoms with Crippen molar-refractivity contribution in [3.63, 3.8) is 0 Å². The molecule has 1 aliphatic heterocycles. The van der Waals surface area contributed by atoms with Gasteiger partial charge in [-0.05, 0) is 74.1 Å². The molecule has 0 saturated heterocycles. The topological polar surface area (TPSA) is 58.6 Å². The number of nitrogens with one attached hydrogen (secondary N) is 1. The highest BCUT2D eigenvalue weighted by Crippen LogP contribution is 2.35. The highest BCUT2D eigenvalue weighted by Gasteiger charge is 2.35. The third-order valence-electron chi connectivity index (χ3n) is 5.77. The van der Waals surface area contributed by atoms with Crippen LogP contribution in [0.25, 0.3) is 0 Å². The average molecular weight is 427 g/mol. The van der Waals surface area contributed by atoms with Crippen LogP contribution in [0.3, 0.4) is 0 Å². The fraction of sp³-hybridized carbons (Fsp3) is 0.417. The van der Waals surface area contributed by atoms with E-state index in [1.54, 1.807) is 0 Å². The molecule has 1 fully saturated rings. The molecule has 2 aromatic carbocycles. The van der Waals surface area contributed by atoms with E-state index < -0.39 is 0 Å². The molecule has 5 nitrogen and oxygen atoms in total. The Balaban J connectivity index is 1.29. The van der Waals surface area contributed by atoms with Crippen molar-refractivity contribution in [3.05, 3.63) is 58.6 Å². The Morgan fingerprint density at radius 1 is 1.20 bits per heavy atom.